The number of phenolic OH excluding ortho intramolecular Hbond substituents is 3. The van der Waals surface area contributed by atoms with Gasteiger partial charge in [-0.25, -0.2) is 0 Å². The average Bonchev–Trinajstić information content (AvgIpc) is 2.79. The van der Waals surface area contributed by atoms with Crippen molar-refractivity contribution < 1.29 is 15.3 Å². The third-order valence-electron chi connectivity index (χ3n) is 6.06. The van der Waals surface area contributed by atoms with E-state index in [0.29, 0.717) is 0 Å². The Morgan fingerprint density at radius 1 is 0.452 bits per heavy atom. The molecule has 3 heteroatoms. The summed E-state index contributed by atoms with van der Waals surface area (Å²) >= 11 is 0. The lowest BCUT2D eigenvalue weighted by molar-refractivity contribution is 0.474. The molecule has 0 aliphatic heterocycles. The van der Waals surface area contributed by atoms with Crippen LogP contribution >= 0.6 is 0 Å². The zero-order chi connectivity index (χ0) is 21.8. The minimum absolute atomic E-state index is 0.237. The van der Waals surface area contributed by atoms with E-state index in [9.17, 15) is 15.3 Å². The molecular formula is C28H26O3. The van der Waals surface area contributed by atoms with Crippen LogP contribution < -0.4 is 0 Å². The van der Waals surface area contributed by atoms with Gasteiger partial charge in [0.2, 0.25) is 0 Å². The summed E-state index contributed by atoms with van der Waals surface area (Å²) in [5.41, 5.74) is 5.27. The second kappa shape index (κ2) is 8.57. The highest BCUT2D eigenvalue weighted by atomic mass is 16.3. The number of hydrogen-bond donors (Lipinski definition) is 3. The highest BCUT2D eigenvalue weighted by Gasteiger charge is 2.31. The molecule has 156 valence electrons. The van der Waals surface area contributed by atoms with E-state index < -0.39 is 5.41 Å². The molecular weight excluding hydrogens is 384 g/mol. The van der Waals surface area contributed by atoms with E-state index in [4.69, 9.17) is 0 Å². The summed E-state index contributed by atoms with van der Waals surface area (Å²) < 4.78 is 0. The molecule has 4 aromatic carbocycles. The Labute approximate surface area is 182 Å². The minimum atomic E-state index is -0.434. The van der Waals surface area contributed by atoms with Crippen LogP contribution in [-0.2, 0) is 18.3 Å². The molecule has 0 spiro atoms. The molecule has 3 N–H and O–H groups in total. The molecule has 0 aromatic heterocycles. The second-order valence-corrected chi connectivity index (χ2v) is 8.08. The molecule has 0 radical (unpaired) electrons. The molecule has 0 atom stereocenters. The molecule has 0 amide bonds. The zero-order valence-electron chi connectivity index (χ0n) is 17.5. The van der Waals surface area contributed by atoms with Crippen molar-refractivity contribution in [1.29, 1.82) is 0 Å². The first-order valence-corrected chi connectivity index (χ1v) is 10.4. The highest BCUT2D eigenvalue weighted by Crippen LogP contribution is 2.40. The van der Waals surface area contributed by atoms with E-state index in [-0.39, 0.29) is 17.2 Å². The van der Waals surface area contributed by atoms with Gasteiger partial charge in [-0.1, -0.05) is 60.7 Å². The monoisotopic (exact) mass is 410 g/mol. The van der Waals surface area contributed by atoms with Crippen molar-refractivity contribution in [3.8, 4) is 17.2 Å². The van der Waals surface area contributed by atoms with Gasteiger partial charge in [-0.3, -0.25) is 0 Å². The molecule has 3 nitrogen and oxygen atoms in total. The van der Waals surface area contributed by atoms with Gasteiger partial charge in [0.1, 0.15) is 17.2 Å². The summed E-state index contributed by atoms with van der Waals surface area (Å²) in [6.07, 6.45) is 1.83. The van der Waals surface area contributed by atoms with E-state index in [1.165, 1.54) is 11.1 Å². The van der Waals surface area contributed by atoms with Crippen LogP contribution in [-0.4, -0.2) is 15.3 Å². The molecule has 31 heavy (non-hydrogen) atoms. The maximum Gasteiger partial charge on any atom is 0.115 e. The fraction of sp³-hybridized carbons (Fsp3) is 0.143. The molecule has 0 unspecified atom stereocenters. The van der Waals surface area contributed by atoms with Gasteiger partial charge < -0.3 is 15.3 Å². The van der Waals surface area contributed by atoms with Crippen molar-refractivity contribution in [3.05, 3.63) is 125 Å². The lowest BCUT2D eigenvalue weighted by Crippen LogP contribution is -2.25. The van der Waals surface area contributed by atoms with E-state index in [0.717, 1.165) is 29.5 Å². The van der Waals surface area contributed by atoms with Gasteiger partial charge in [0.15, 0.2) is 0 Å². The topological polar surface area (TPSA) is 60.7 Å². The Morgan fingerprint density at radius 2 is 0.710 bits per heavy atom. The van der Waals surface area contributed by atoms with Crippen molar-refractivity contribution in [2.45, 2.75) is 25.2 Å². The normalized spacial score (nSPS) is 11.4. The van der Waals surface area contributed by atoms with Gasteiger partial charge in [0, 0.05) is 5.41 Å². The van der Waals surface area contributed by atoms with Gasteiger partial charge >= 0.3 is 0 Å². The van der Waals surface area contributed by atoms with Crippen LogP contribution in [0.15, 0.2) is 97.1 Å². The molecule has 0 saturated heterocycles. The number of benzene rings is 4. The van der Waals surface area contributed by atoms with Crippen LogP contribution in [0.3, 0.4) is 0 Å². The third-order valence-corrected chi connectivity index (χ3v) is 6.06. The molecule has 0 saturated carbocycles. The van der Waals surface area contributed by atoms with Gasteiger partial charge in [-0.05, 0) is 84.0 Å². The van der Waals surface area contributed by atoms with Crippen LogP contribution in [0.2, 0.25) is 0 Å². The highest BCUT2D eigenvalue weighted by molar-refractivity contribution is 5.51. The Hall–Kier alpha value is -3.72. The van der Waals surface area contributed by atoms with Gasteiger partial charge in [-0.2, -0.15) is 0 Å². The standard InChI is InChI=1S/C28H26O3/c1-28(23-10-16-26(30)17-11-23,24-12-18-27(31)19-13-24)22-8-4-20(5-9-22)2-3-21-6-14-25(29)15-7-21/h4-19,29-31H,2-3H2,1H3. The maximum absolute atomic E-state index is 9.76. The van der Waals surface area contributed by atoms with Gasteiger partial charge in [0.25, 0.3) is 0 Å². The number of hydrogen-bond acceptors (Lipinski definition) is 3. The first kappa shape index (κ1) is 20.5. The molecule has 4 aromatic rings. The first-order valence-electron chi connectivity index (χ1n) is 10.4. The number of aromatic hydroxyl groups is 3. The fourth-order valence-corrected chi connectivity index (χ4v) is 4.05. The lowest BCUT2D eigenvalue weighted by Gasteiger charge is -2.32. The number of rotatable bonds is 6. The molecule has 4 rings (SSSR count). The average molecular weight is 411 g/mol. The van der Waals surface area contributed by atoms with Crippen LogP contribution in [0.5, 0.6) is 17.2 Å². The Balaban J connectivity index is 1.64. The molecule has 0 aliphatic rings. The SMILES string of the molecule is CC(c1ccc(O)cc1)(c1ccc(O)cc1)c1ccc(CCc2ccc(O)cc2)cc1. The smallest absolute Gasteiger partial charge is 0.115 e. The van der Waals surface area contributed by atoms with E-state index in [1.54, 1.807) is 36.4 Å². The fourth-order valence-electron chi connectivity index (χ4n) is 4.05. The van der Waals surface area contributed by atoms with Crippen molar-refractivity contribution in [1.82, 2.24) is 0 Å². The second-order valence-electron chi connectivity index (χ2n) is 8.08. The van der Waals surface area contributed by atoms with Crippen molar-refractivity contribution in [2.75, 3.05) is 0 Å². The predicted molar refractivity (Wildman–Crippen MR) is 124 cm³/mol. The number of phenols is 3. The maximum atomic E-state index is 9.76. The van der Waals surface area contributed by atoms with Crippen molar-refractivity contribution in [2.24, 2.45) is 0 Å². The summed E-state index contributed by atoms with van der Waals surface area (Å²) in [7, 11) is 0. The Kier molecular flexibility index (Phi) is 5.68. The summed E-state index contributed by atoms with van der Waals surface area (Å²) in [5, 5.41) is 29.0. The first-order chi connectivity index (χ1) is 14.9. The summed E-state index contributed by atoms with van der Waals surface area (Å²) in [6, 6.07) is 30.6. The minimum Gasteiger partial charge on any atom is -0.508 e. The Bertz CT molecular complexity index is 1080. The van der Waals surface area contributed by atoms with Crippen molar-refractivity contribution in [3.63, 3.8) is 0 Å². The van der Waals surface area contributed by atoms with Crippen LogP contribution in [0, 0.1) is 0 Å². The van der Waals surface area contributed by atoms with E-state index >= 15 is 0 Å². The largest absolute Gasteiger partial charge is 0.508 e. The van der Waals surface area contributed by atoms with Crippen LogP contribution in [0.4, 0.5) is 0 Å². The van der Waals surface area contributed by atoms with Crippen LogP contribution in [0.25, 0.3) is 0 Å². The quantitative estimate of drug-likeness (QED) is 0.345. The molecule has 0 aliphatic carbocycles. The molecule has 0 fully saturated rings. The lowest BCUT2D eigenvalue weighted by atomic mass is 9.71. The zero-order valence-corrected chi connectivity index (χ0v) is 17.5. The number of aryl methyl sites for hydroxylation is 2. The molecule has 0 heterocycles. The summed E-state index contributed by atoms with van der Waals surface area (Å²) in [6.45, 7) is 2.16. The van der Waals surface area contributed by atoms with Gasteiger partial charge in [-0.15, -0.1) is 0 Å². The predicted octanol–water partition coefficient (Wildman–Crippen LogP) is 5.94. The summed E-state index contributed by atoms with van der Waals surface area (Å²) in [5.74, 6) is 0.763. The van der Waals surface area contributed by atoms with Crippen LogP contribution in [0.1, 0.15) is 34.7 Å². The molecule has 0 bridgehead atoms. The Morgan fingerprint density at radius 3 is 1.06 bits per heavy atom. The van der Waals surface area contributed by atoms with E-state index in [1.807, 2.05) is 36.4 Å². The van der Waals surface area contributed by atoms with Gasteiger partial charge in [0.05, 0.1) is 0 Å². The van der Waals surface area contributed by atoms with E-state index in [2.05, 4.69) is 31.2 Å². The van der Waals surface area contributed by atoms with Crippen molar-refractivity contribution >= 4 is 0 Å². The third kappa shape index (κ3) is 4.41. The summed E-state index contributed by atoms with van der Waals surface area (Å²) in [4.78, 5) is 0.